The smallest absolute Gasteiger partial charge is 0.300 e. The van der Waals surface area contributed by atoms with E-state index >= 15 is 0 Å². The lowest BCUT2D eigenvalue weighted by molar-refractivity contribution is -0.134. The number of aliphatic carboxylic acids is 1. The molecular weight excluding hydrogens is 1140 g/mol. The van der Waals surface area contributed by atoms with Crippen molar-refractivity contribution >= 4 is 5.97 Å². The van der Waals surface area contributed by atoms with E-state index in [-0.39, 0.29) is 0 Å². The molecule has 0 aromatic carbocycles. The van der Waals surface area contributed by atoms with Crippen LogP contribution in [0.15, 0.2) is 0 Å². The van der Waals surface area contributed by atoms with E-state index in [0.29, 0.717) is 0 Å². The SMILES string of the molecule is CC(=O)O.CCCCCC.CCCCCC.CCCCCC.CCCCCC.CCCCCC.CCCCCC.CCCCCC.CCCCCC.CCCCCC.CCCCCC.CCCCCC.CCCCCC.CCCCCC.CCCCCC.CCCCCC. The molecule has 0 aromatic heterocycles. The number of hydrogen-bond donors (Lipinski definition) is 1. The van der Waals surface area contributed by atoms with Crippen LogP contribution in [0.1, 0.15) is 600 Å². The zero-order chi connectivity index (χ0) is 76.0. The van der Waals surface area contributed by atoms with E-state index in [1.165, 1.54) is 385 Å². The molecule has 0 radical (unpaired) electrons. The quantitative estimate of drug-likeness (QED) is 0.0617. The highest BCUT2D eigenvalue weighted by Crippen LogP contribution is 2.03. The lowest BCUT2D eigenvalue weighted by Crippen LogP contribution is -1.78. The fourth-order valence-corrected chi connectivity index (χ4v) is 7.50. The van der Waals surface area contributed by atoms with Gasteiger partial charge in [-0.2, -0.15) is 0 Å². The Morgan fingerprint density at radius 1 is 0.128 bits per heavy atom. The Morgan fingerprint density at radius 2 is 0.149 bits per heavy atom. The van der Waals surface area contributed by atoms with Crippen LogP contribution in [0.4, 0.5) is 0 Å². The first-order valence-corrected chi connectivity index (χ1v) is 44.6. The van der Waals surface area contributed by atoms with Gasteiger partial charge in [0.2, 0.25) is 0 Å². The molecule has 2 heteroatoms. The average molecular weight is 1350 g/mol. The van der Waals surface area contributed by atoms with Gasteiger partial charge in [-0.15, -0.1) is 0 Å². The summed E-state index contributed by atoms with van der Waals surface area (Å²) in [5.41, 5.74) is 0. The van der Waals surface area contributed by atoms with E-state index in [1.54, 1.807) is 0 Å². The van der Waals surface area contributed by atoms with Crippen molar-refractivity contribution in [3.63, 3.8) is 0 Å². The molecule has 0 bridgehead atoms. The first kappa shape index (κ1) is 133. The molecule has 0 aliphatic heterocycles. The average Bonchev–Trinajstić information content (AvgIpc) is 3.59. The minimum absolute atomic E-state index is 0.833. The van der Waals surface area contributed by atoms with E-state index in [9.17, 15) is 0 Å². The molecule has 0 aromatic rings. The molecule has 0 saturated heterocycles. The Hall–Kier alpha value is -0.530. The van der Waals surface area contributed by atoms with Gasteiger partial charge in [-0.25, -0.2) is 0 Å². The van der Waals surface area contributed by atoms with E-state index in [0.717, 1.165) is 6.92 Å². The number of rotatable bonds is 45. The van der Waals surface area contributed by atoms with Crippen molar-refractivity contribution in [1.82, 2.24) is 0 Å². The predicted octanol–water partition coefficient (Wildman–Crippen LogP) is 38.9. The maximum Gasteiger partial charge on any atom is 0.300 e. The number of hydrogen-bond acceptors (Lipinski definition) is 1. The summed E-state index contributed by atoms with van der Waals surface area (Å²) >= 11 is 0. The highest BCUT2D eigenvalue weighted by Gasteiger charge is 1.83. The maximum absolute atomic E-state index is 9.00. The standard InChI is InChI=1S/15C6H14.C2H4O2/c15*1-3-5-6-4-2;1-2(3)4/h15*3-6H2,1-2H3;1H3,(H,3,4). The zero-order valence-corrected chi connectivity index (χ0v) is 74.8. The Balaban J connectivity index is -0.0000000493. The lowest BCUT2D eigenvalue weighted by Gasteiger charge is -1.86. The molecule has 0 saturated carbocycles. The Bertz CT molecular complexity index is 509. The van der Waals surface area contributed by atoms with Crippen molar-refractivity contribution in [3.05, 3.63) is 0 Å². The molecule has 0 aliphatic carbocycles. The van der Waals surface area contributed by atoms with Crippen molar-refractivity contribution in [3.8, 4) is 0 Å². The summed E-state index contributed by atoms with van der Waals surface area (Å²) in [6, 6.07) is 0. The van der Waals surface area contributed by atoms with Crippen molar-refractivity contribution in [2.75, 3.05) is 0 Å². The summed E-state index contributed by atoms with van der Waals surface area (Å²) in [4.78, 5) is 9.00. The lowest BCUT2D eigenvalue weighted by atomic mass is 10.2. The van der Waals surface area contributed by atoms with E-state index in [2.05, 4.69) is 208 Å². The topological polar surface area (TPSA) is 37.3 Å². The summed E-state index contributed by atoms with van der Waals surface area (Å²) in [5, 5.41) is 7.42. The second-order valence-electron chi connectivity index (χ2n) is 26.1. The van der Waals surface area contributed by atoms with Crippen LogP contribution >= 0.6 is 0 Å². The van der Waals surface area contributed by atoms with Crippen molar-refractivity contribution in [2.24, 2.45) is 0 Å². The van der Waals surface area contributed by atoms with Crippen LogP contribution in [0, 0.1) is 0 Å². The van der Waals surface area contributed by atoms with Gasteiger partial charge in [-0.05, 0) is 0 Å². The number of unbranched alkanes of at least 4 members (excludes halogenated alkanes) is 45. The highest BCUT2D eigenvalue weighted by molar-refractivity contribution is 5.62. The predicted molar refractivity (Wildman–Crippen MR) is 461 cm³/mol. The molecule has 0 heterocycles. The monoisotopic (exact) mass is 1350 g/mol. The minimum Gasteiger partial charge on any atom is -0.481 e. The number of carbonyl (C=O) groups is 1. The Kier molecular flexibility index (Phi) is 281. The molecule has 0 fully saturated rings. The van der Waals surface area contributed by atoms with E-state index in [1.807, 2.05) is 0 Å². The number of carboxylic acid groups (broad SMARTS) is 1. The summed E-state index contributed by atoms with van der Waals surface area (Å²) in [7, 11) is 0. The normalized spacial score (nSPS) is 8.88. The van der Waals surface area contributed by atoms with Gasteiger partial charge in [0, 0.05) is 6.92 Å². The summed E-state index contributed by atoms with van der Waals surface area (Å²) in [6.07, 6.45) is 83.0. The van der Waals surface area contributed by atoms with Crippen LogP contribution in [0.5, 0.6) is 0 Å². The van der Waals surface area contributed by atoms with Crippen LogP contribution in [0.3, 0.4) is 0 Å². The van der Waals surface area contributed by atoms with Crippen LogP contribution in [0.25, 0.3) is 0 Å². The molecule has 0 unspecified atom stereocenters. The second kappa shape index (κ2) is 198. The van der Waals surface area contributed by atoms with Crippen LogP contribution < -0.4 is 0 Å². The van der Waals surface area contributed by atoms with Gasteiger partial charge in [0.05, 0.1) is 0 Å². The van der Waals surface area contributed by atoms with Crippen LogP contribution in [-0.4, -0.2) is 11.1 Å². The van der Waals surface area contributed by atoms with Crippen LogP contribution in [-0.2, 0) is 4.79 Å². The third-order valence-electron chi connectivity index (χ3n) is 14.4. The molecule has 0 atom stereocenters. The fourth-order valence-electron chi connectivity index (χ4n) is 7.50. The first-order chi connectivity index (χ1) is 45.4. The van der Waals surface area contributed by atoms with E-state index in [4.69, 9.17) is 9.90 Å². The fraction of sp³-hybridized carbons (Fsp3) is 0.989. The minimum atomic E-state index is -0.833. The first-order valence-electron chi connectivity index (χ1n) is 44.6. The van der Waals surface area contributed by atoms with Gasteiger partial charge in [-0.3, -0.25) is 4.79 Å². The molecule has 0 rings (SSSR count). The Morgan fingerprint density at radius 3 is 0.160 bits per heavy atom. The van der Waals surface area contributed by atoms with Gasteiger partial charge in [-0.1, -0.05) is 593 Å². The van der Waals surface area contributed by atoms with Crippen molar-refractivity contribution in [1.29, 1.82) is 0 Å². The van der Waals surface area contributed by atoms with Crippen molar-refractivity contribution < 1.29 is 9.90 Å². The second-order valence-corrected chi connectivity index (χ2v) is 26.1. The molecule has 0 spiro atoms. The number of carboxylic acids is 1. The molecular formula is C92H214O2. The van der Waals surface area contributed by atoms with Gasteiger partial charge in [0.25, 0.3) is 5.97 Å². The molecule has 0 aliphatic rings. The molecule has 2 nitrogen and oxygen atoms in total. The Labute approximate surface area is 612 Å². The molecule has 594 valence electrons. The molecule has 1 N–H and O–H groups in total. The van der Waals surface area contributed by atoms with E-state index < -0.39 is 5.97 Å². The molecule has 94 heavy (non-hydrogen) atoms. The third-order valence-corrected chi connectivity index (χ3v) is 14.4. The van der Waals surface area contributed by atoms with Gasteiger partial charge in [0.1, 0.15) is 0 Å². The van der Waals surface area contributed by atoms with Gasteiger partial charge >= 0.3 is 0 Å². The summed E-state index contributed by atoms with van der Waals surface area (Å²) < 4.78 is 0. The zero-order valence-electron chi connectivity index (χ0n) is 74.8. The van der Waals surface area contributed by atoms with Crippen LogP contribution in [0.2, 0.25) is 0 Å². The van der Waals surface area contributed by atoms with Crippen molar-refractivity contribution in [2.45, 2.75) is 600 Å². The van der Waals surface area contributed by atoms with Gasteiger partial charge in [0.15, 0.2) is 0 Å². The van der Waals surface area contributed by atoms with Gasteiger partial charge < -0.3 is 5.11 Å². The molecule has 0 amide bonds. The maximum atomic E-state index is 9.00. The summed E-state index contributed by atoms with van der Waals surface area (Å²) in [5.74, 6) is -0.833. The summed E-state index contributed by atoms with van der Waals surface area (Å²) in [6.45, 7) is 68.0. The largest absolute Gasteiger partial charge is 0.481 e. The third kappa shape index (κ3) is 379. The highest BCUT2D eigenvalue weighted by atomic mass is 16.4.